The predicted molar refractivity (Wildman–Crippen MR) is 530 cm³/mol. The van der Waals surface area contributed by atoms with Gasteiger partial charge in [-0.3, -0.25) is 0 Å². The third-order valence-electron chi connectivity index (χ3n) is 25.9. The minimum absolute atomic E-state index is 0.109. The maximum atomic E-state index is 5.99. The summed E-state index contributed by atoms with van der Waals surface area (Å²) in [6.07, 6.45) is 23.3. The van der Waals surface area contributed by atoms with E-state index in [4.69, 9.17) is 25.7 Å². The average molecular weight is 1610 g/mol. The van der Waals surface area contributed by atoms with E-state index in [1.165, 1.54) is 93.9 Å². The van der Waals surface area contributed by atoms with E-state index >= 15 is 0 Å². The first-order valence-corrected chi connectivity index (χ1v) is 42.8. The van der Waals surface area contributed by atoms with Crippen molar-refractivity contribution >= 4 is 77.7 Å². The number of hydrogen-bond donors (Lipinski definition) is 0. The molecule has 0 aliphatic heterocycles. The fourth-order valence-corrected chi connectivity index (χ4v) is 19.5. The van der Waals surface area contributed by atoms with Gasteiger partial charge in [-0.2, -0.15) is 0 Å². The highest BCUT2D eigenvalue weighted by molar-refractivity contribution is 6.12. The van der Waals surface area contributed by atoms with E-state index in [2.05, 4.69) is 446 Å². The second kappa shape index (κ2) is 31.4. The highest BCUT2D eigenvalue weighted by atomic mass is 15.1. The van der Waals surface area contributed by atoms with Crippen LogP contribution in [0.1, 0.15) is 72.2 Å². The Bertz CT molecular complexity index is 7880. The van der Waals surface area contributed by atoms with Crippen LogP contribution in [0.25, 0.3) is 144 Å². The molecule has 126 heavy (non-hydrogen) atoms. The van der Waals surface area contributed by atoms with Gasteiger partial charge in [0.1, 0.15) is 0 Å². The topological polar surface area (TPSA) is 16.3 Å². The van der Waals surface area contributed by atoms with E-state index < -0.39 is 0 Å². The molecule has 2 heterocycles. The number of terminal acetylenes is 4. The molecule has 2 aliphatic carbocycles. The molecule has 0 radical (unpaired) electrons. The molecule has 22 rings (SSSR count). The summed E-state index contributed by atoms with van der Waals surface area (Å²) in [5.41, 5.74) is 40.4. The fraction of sp³-hybridized carbons (Fsp3) is 0.0492. The fourth-order valence-electron chi connectivity index (χ4n) is 19.5. The lowest BCUT2D eigenvalue weighted by molar-refractivity contribution is 0.660. The summed E-state index contributed by atoms with van der Waals surface area (Å²) in [7, 11) is 0. The van der Waals surface area contributed by atoms with Crippen molar-refractivity contribution in [2.45, 2.75) is 38.5 Å². The molecule has 0 unspecified atom stereocenters. The van der Waals surface area contributed by atoms with Crippen molar-refractivity contribution < 1.29 is 0 Å². The normalized spacial score (nSPS) is 12.4. The monoisotopic (exact) mass is 1600 g/mol. The van der Waals surface area contributed by atoms with E-state index in [9.17, 15) is 0 Å². The van der Waals surface area contributed by atoms with E-state index in [0.29, 0.717) is 0 Å². The molecule has 592 valence electrons. The van der Waals surface area contributed by atoms with E-state index in [1.807, 2.05) is 36.4 Å². The molecule has 4 nitrogen and oxygen atoms in total. The molecule has 0 saturated heterocycles. The third-order valence-corrected chi connectivity index (χ3v) is 25.9. The van der Waals surface area contributed by atoms with Crippen molar-refractivity contribution in [2.24, 2.45) is 0 Å². The van der Waals surface area contributed by atoms with Gasteiger partial charge in [0, 0.05) is 100 Å². The third kappa shape index (κ3) is 13.3. The first kappa shape index (κ1) is 76.8. The Morgan fingerprint density at radius 1 is 0.206 bits per heavy atom. The standard InChI is InChI=1S/2C61H42N2/c1-5-41-18-15-23-52(51(41)6-2)46-19-14-20-49(38-46)63-59-25-13-11-22-55(59)56-39-45(30-37-60(56)63)44-28-33-48(34-29-44)62(47-31-26-43(27-32-47)42-16-8-7-9-17-42)50-35-36-54-53-21-10-12-24-57(53)61(3,4)58(54)40-50;1-5-41-20-21-47(38-42(41)6-2)45-26-33-51(34-27-45)63-59-19-13-11-17-55(59)56-39-48(28-37-60(56)63)46-24-31-50(32-25-46)62(49-29-22-44(23-30-49)43-14-8-7-9-15-43)52-35-36-54-53-16-10-12-18-57(53)61(3,4)58(54)40-52/h2*1-2,7-40H,3-4H3. The zero-order chi connectivity index (χ0) is 85.3. The minimum Gasteiger partial charge on any atom is -0.310 e. The molecule has 2 aromatic heterocycles. The second-order valence-electron chi connectivity index (χ2n) is 33.7. The summed E-state index contributed by atoms with van der Waals surface area (Å²) in [6.45, 7) is 9.38. The van der Waals surface area contributed by atoms with Gasteiger partial charge < -0.3 is 18.9 Å². The molecular weight excluding hydrogens is 1520 g/mol. The number of benzene rings is 18. The van der Waals surface area contributed by atoms with Gasteiger partial charge >= 0.3 is 0 Å². The van der Waals surface area contributed by atoms with Gasteiger partial charge in [0.15, 0.2) is 0 Å². The average Bonchev–Trinajstić information content (AvgIpc) is 1.56. The summed E-state index contributed by atoms with van der Waals surface area (Å²) < 4.78 is 4.70. The highest BCUT2D eigenvalue weighted by Crippen LogP contribution is 2.54. The Balaban J connectivity index is 0.000000154. The van der Waals surface area contributed by atoms with Gasteiger partial charge in [0.25, 0.3) is 0 Å². The van der Waals surface area contributed by atoms with Crippen LogP contribution in [0.2, 0.25) is 0 Å². The number of nitrogens with zero attached hydrogens (tertiary/aromatic N) is 4. The van der Waals surface area contributed by atoms with Crippen LogP contribution in [0.3, 0.4) is 0 Å². The Hall–Kier alpha value is -16.6. The lowest BCUT2D eigenvalue weighted by Crippen LogP contribution is -2.16. The van der Waals surface area contributed by atoms with Crippen molar-refractivity contribution in [2.75, 3.05) is 9.80 Å². The van der Waals surface area contributed by atoms with Crippen LogP contribution in [-0.4, -0.2) is 9.13 Å². The Morgan fingerprint density at radius 2 is 0.548 bits per heavy atom. The van der Waals surface area contributed by atoms with Crippen LogP contribution in [0.5, 0.6) is 0 Å². The van der Waals surface area contributed by atoms with Crippen molar-refractivity contribution in [1.82, 2.24) is 9.13 Å². The SMILES string of the molecule is C#Cc1ccc(-c2ccc(-n3c4ccccc4c4cc(-c5ccc(N(c6ccc(-c7ccccc7)cc6)c6ccc7c(c6)C(C)(C)c6ccccc6-7)cc5)ccc43)cc2)cc1C#C.C#Cc1cccc(-c2cccc(-n3c4ccccc4c4cc(-c5ccc(N(c6ccc(-c7ccccc7)cc6)c6ccc7c(c6)C(C)(C)c6ccccc6-7)cc5)ccc43)c2)c1C#C. The van der Waals surface area contributed by atoms with Gasteiger partial charge in [-0.1, -0.05) is 312 Å². The summed E-state index contributed by atoms with van der Waals surface area (Å²) in [6, 6.07) is 149. The Morgan fingerprint density at radius 3 is 1.01 bits per heavy atom. The molecule has 0 atom stereocenters. The second-order valence-corrected chi connectivity index (χ2v) is 33.7. The van der Waals surface area contributed by atoms with E-state index in [0.717, 1.165) is 129 Å². The van der Waals surface area contributed by atoms with Gasteiger partial charge in [-0.25, -0.2) is 0 Å². The van der Waals surface area contributed by atoms with Crippen molar-refractivity contribution in [3.63, 3.8) is 0 Å². The molecule has 18 aromatic carbocycles. The molecule has 2 aliphatic rings. The van der Waals surface area contributed by atoms with Crippen molar-refractivity contribution in [3.8, 4) is 150 Å². The molecule has 0 saturated carbocycles. The Kier molecular flexibility index (Phi) is 19.2. The summed E-state index contributed by atoms with van der Waals surface area (Å²) in [4.78, 5) is 4.78. The smallest absolute Gasteiger partial charge is 0.0541 e. The van der Waals surface area contributed by atoms with Crippen LogP contribution >= 0.6 is 0 Å². The van der Waals surface area contributed by atoms with Gasteiger partial charge in [-0.05, 0) is 263 Å². The van der Waals surface area contributed by atoms with Crippen LogP contribution in [0.4, 0.5) is 34.1 Å². The first-order chi connectivity index (χ1) is 61.8. The van der Waals surface area contributed by atoms with E-state index in [-0.39, 0.29) is 10.8 Å². The number of para-hydroxylation sites is 2. The van der Waals surface area contributed by atoms with Crippen molar-refractivity contribution in [1.29, 1.82) is 0 Å². The largest absolute Gasteiger partial charge is 0.310 e. The van der Waals surface area contributed by atoms with Crippen LogP contribution < -0.4 is 9.80 Å². The number of fused-ring (bicyclic) bond motifs is 12. The van der Waals surface area contributed by atoms with Crippen LogP contribution in [-0.2, 0) is 10.8 Å². The predicted octanol–water partition coefficient (Wildman–Crippen LogP) is 31.0. The zero-order valence-electron chi connectivity index (χ0n) is 70.4. The van der Waals surface area contributed by atoms with E-state index in [1.54, 1.807) is 0 Å². The summed E-state index contributed by atoms with van der Waals surface area (Å²) in [5.74, 6) is 11.0. The zero-order valence-corrected chi connectivity index (χ0v) is 70.4. The molecule has 0 fully saturated rings. The van der Waals surface area contributed by atoms with Gasteiger partial charge in [0.2, 0.25) is 0 Å². The lowest BCUT2D eigenvalue weighted by atomic mass is 9.82. The molecule has 0 spiro atoms. The maximum absolute atomic E-state index is 5.99. The number of aromatic nitrogens is 2. The number of rotatable bonds is 14. The van der Waals surface area contributed by atoms with Gasteiger partial charge in [0.05, 0.1) is 22.1 Å². The first-order valence-electron chi connectivity index (χ1n) is 42.8. The molecule has 4 heteroatoms. The summed E-state index contributed by atoms with van der Waals surface area (Å²) in [5, 5.41) is 4.81. The van der Waals surface area contributed by atoms with Crippen LogP contribution in [0.15, 0.2) is 413 Å². The molecule has 0 amide bonds. The van der Waals surface area contributed by atoms with Crippen molar-refractivity contribution in [3.05, 3.63) is 457 Å². The Labute approximate surface area is 736 Å². The lowest BCUT2D eigenvalue weighted by Gasteiger charge is -2.28. The summed E-state index contributed by atoms with van der Waals surface area (Å²) >= 11 is 0. The maximum Gasteiger partial charge on any atom is 0.0541 e. The highest BCUT2D eigenvalue weighted by Gasteiger charge is 2.38. The number of anilines is 6. The molecule has 0 N–H and O–H groups in total. The molecular formula is C122H84N4. The molecule has 20 aromatic rings. The quantitative estimate of drug-likeness (QED) is 0.101. The van der Waals surface area contributed by atoms with Crippen LogP contribution in [0, 0.1) is 49.4 Å². The molecule has 0 bridgehead atoms. The van der Waals surface area contributed by atoms with Gasteiger partial charge in [-0.15, -0.1) is 25.7 Å². The minimum atomic E-state index is -0.112. The number of hydrogen-bond acceptors (Lipinski definition) is 2.